The Bertz CT molecular complexity index is 1360. The molecule has 190 valence electrons. The van der Waals surface area contributed by atoms with Crippen LogP contribution in [0.15, 0.2) is 107 Å². The average molecular weight is 488 g/mol. The second-order valence-corrected chi connectivity index (χ2v) is 11.0. The molecule has 1 atom stereocenters. The maximum Gasteiger partial charge on any atom is 0.0388 e. The van der Waals surface area contributed by atoms with Crippen molar-refractivity contribution < 1.29 is 0 Å². The van der Waals surface area contributed by atoms with Crippen molar-refractivity contribution in [2.45, 2.75) is 72.6 Å². The van der Waals surface area contributed by atoms with E-state index < -0.39 is 0 Å². The molecule has 37 heavy (non-hydrogen) atoms. The summed E-state index contributed by atoms with van der Waals surface area (Å²) in [6.07, 6.45) is 17.7. The third kappa shape index (κ3) is 5.23. The Hall–Kier alpha value is -3.32. The summed E-state index contributed by atoms with van der Waals surface area (Å²) >= 11 is 0. The molecule has 0 amide bonds. The zero-order chi connectivity index (χ0) is 25.9. The van der Waals surface area contributed by atoms with Crippen LogP contribution in [0, 0.1) is 12.8 Å². The molecule has 0 aromatic heterocycles. The average Bonchev–Trinajstić information content (AvgIpc) is 3.24. The maximum atomic E-state index is 4.34. The van der Waals surface area contributed by atoms with Crippen LogP contribution in [-0.2, 0) is 19.3 Å². The lowest BCUT2D eigenvalue weighted by Crippen LogP contribution is -2.19. The van der Waals surface area contributed by atoms with Crippen molar-refractivity contribution in [3.63, 3.8) is 0 Å². The molecule has 3 aliphatic carbocycles. The van der Waals surface area contributed by atoms with Crippen LogP contribution >= 0.6 is 0 Å². The molecule has 1 heterocycles. The number of hydrogen-bond acceptors (Lipinski definition) is 1. The quantitative estimate of drug-likeness (QED) is 0.455. The molecule has 4 aliphatic rings. The lowest BCUT2D eigenvalue weighted by molar-refractivity contribution is 0.681. The number of dihydropyridines is 1. The van der Waals surface area contributed by atoms with E-state index in [4.69, 9.17) is 0 Å². The van der Waals surface area contributed by atoms with Crippen molar-refractivity contribution in [2.24, 2.45) is 5.92 Å². The molecule has 1 aliphatic heterocycles. The Morgan fingerprint density at radius 1 is 1.00 bits per heavy atom. The molecule has 0 radical (unpaired) electrons. The Kier molecular flexibility index (Phi) is 7.51. The Morgan fingerprint density at radius 3 is 2.49 bits per heavy atom. The summed E-state index contributed by atoms with van der Waals surface area (Å²) in [5.74, 6) is 0.626. The summed E-state index contributed by atoms with van der Waals surface area (Å²) in [6.45, 7) is 13.4. The van der Waals surface area contributed by atoms with E-state index in [1.54, 1.807) is 11.1 Å². The molecule has 2 aromatic rings. The molecular weight excluding hydrogens is 446 g/mol. The summed E-state index contributed by atoms with van der Waals surface area (Å²) in [6, 6.07) is 15.2. The number of benzene rings is 2. The van der Waals surface area contributed by atoms with Gasteiger partial charge in [0.1, 0.15) is 0 Å². The fourth-order valence-corrected chi connectivity index (χ4v) is 6.14. The van der Waals surface area contributed by atoms with E-state index in [1.165, 1.54) is 75.9 Å². The molecule has 0 bridgehead atoms. The number of rotatable bonds is 3. The van der Waals surface area contributed by atoms with E-state index in [-0.39, 0.29) is 0 Å². The molecule has 0 spiro atoms. The number of hydrogen-bond donors (Lipinski definition) is 1. The van der Waals surface area contributed by atoms with Crippen molar-refractivity contribution >= 4 is 5.57 Å². The standard InChI is InChI=1S/C28H31N.C8H10/c1-17-9-11-22(12-10-17)25-16-26-27(29-20(25)4)15-18(2)28(26)24-14-13-21-7-5-6-8-23(21)19(24)3;1-2-8-6-4-3-5-7-8/h9,11-14,16-17,29H,4-8,10,15H2,1-3H3;3-7H,2H2,1H3. The minimum atomic E-state index is 0.626. The van der Waals surface area contributed by atoms with Gasteiger partial charge in [-0.25, -0.2) is 0 Å². The summed E-state index contributed by atoms with van der Waals surface area (Å²) in [5.41, 5.74) is 16.7. The fraction of sp³-hybridized carbons (Fsp3) is 0.333. The summed E-state index contributed by atoms with van der Waals surface area (Å²) in [5, 5.41) is 3.65. The van der Waals surface area contributed by atoms with Crippen LogP contribution in [0.25, 0.3) is 5.57 Å². The van der Waals surface area contributed by atoms with E-state index in [0.717, 1.165) is 25.0 Å². The van der Waals surface area contributed by atoms with E-state index in [2.05, 4.69) is 100 Å². The number of fused-ring (bicyclic) bond motifs is 1. The van der Waals surface area contributed by atoms with Gasteiger partial charge >= 0.3 is 0 Å². The summed E-state index contributed by atoms with van der Waals surface area (Å²) in [7, 11) is 0. The van der Waals surface area contributed by atoms with Crippen LogP contribution in [0.3, 0.4) is 0 Å². The smallest absolute Gasteiger partial charge is 0.0388 e. The SMILES string of the molecule is C=C1NC2=C(C=C1C1=CCC(C)C=C1)C(c1ccc3c(c1C)CCCC3)=C(C)C2.CCc1ccccc1. The number of allylic oxidation sites excluding steroid dienone is 8. The summed E-state index contributed by atoms with van der Waals surface area (Å²) < 4.78 is 0. The van der Waals surface area contributed by atoms with Crippen molar-refractivity contribution in [2.75, 3.05) is 0 Å². The molecule has 1 heteroatoms. The number of aryl methyl sites for hydroxylation is 2. The first kappa shape index (κ1) is 25.3. The van der Waals surface area contributed by atoms with Gasteiger partial charge in [-0.2, -0.15) is 0 Å². The van der Waals surface area contributed by atoms with Gasteiger partial charge in [-0.15, -0.1) is 0 Å². The molecule has 1 unspecified atom stereocenters. The van der Waals surface area contributed by atoms with Crippen LogP contribution in [-0.4, -0.2) is 0 Å². The highest BCUT2D eigenvalue weighted by atomic mass is 14.9. The molecule has 0 saturated heterocycles. The van der Waals surface area contributed by atoms with Crippen molar-refractivity contribution in [3.05, 3.63) is 135 Å². The molecule has 2 aromatic carbocycles. The van der Waals surface area contributed by atoms with Gasteiger partial charge in [0.05, 0.1) is 0 Å². The van der Waals surface area contributed by atoms with E-state index in [0.29, 0.717) is 5.92 Å². The van der Waals surface area contributed by atoms with Gasteiger partial charge in [0.15, 0.2) is 0 Å². The van der Waals surface area contributed by atoms with Crippen molar-refractivity contribution in [1.29, 1.82) is 0 Å². The van der Waals surface area contributed by atoms with Gasteiger partial charge in [-0.3, -0.25) is 0 Å². The highest BCUT2D eigenvalue weighted by Crippen LogP contribution is 2.45. The highest BCUT2D eigenvalue weighted by Gasteiger charge is 2.29. The van der Waals surface area contributed by atoms with Gasteiger partial charge in [-0.05, 0) is 103 Å². The first-order valence-corrected chi connectivity index (χ1v) is 14.1. The van der Waals surface area contributed by atoms with Gasteiger partial charge < -0.3 is 5.32 Å². The highest BCUT2D eigenvalue weighted by molar-refractivity contribution is 5.91. The first-order chi connectivity index (χ1) is 18.0. The second-order valence-electron chi connectivity index (χ2n) is 11.0. The molecule has 1 nitrogen and oxygen atoms in total. The van der Waals surface area contributed by atoms with Crippen molar-refractivity contribution in [3.8, 4) is 0 Å². The lowest BCUT2D eigenvalue weighted by atomic mass is 9.82. The van der Waals surface area contributed by atoms with Crippen LogP contribution < -0.4 is 5.32 Å². The predicted octanol–water partition coefficient (Wildman–Crippen LogP) is 9.12. The lowest BCUT2D eigenvalue weighted by Gasteiger charge is -2.25. The molecule has 0 saturated carbocycles. The van der Waals surface area contributed by atoms with Crippen LogP contribution in [0.4, 0.5) is 0 Å². The summed E-state index contributed by atoms with van der Waals surface area (Å²) in [4.78, 5) is 0. The Morgan fingerprint density at radius 2 is 1.78 bits per heavy atom. The minimum Gasteiger partial charge on any atom is -0.358 e. The fourth-order valence-electron chi connectivity index (χ4n) is 6.14. The first-order valence-electron chi connectivity index (χ1n) is 14.1. The van der Waals surface area contributed by atoms with Gasteiger partial charge in [0, 0.05) is 29.0 Å². The Balaban J connectivity index is 0.000000301. The molecular formula is C36H41N. The third-order valence-corrected chi connectivity index (χ3v) is 8.34. The largest absolute Gasteiger partial charge is 0.358 e. The van der Waals surface area contributed by atoms with Gasteiger partial charge in [0.2, 0.25) is 0 Å². The molecule has 0 fully saturated rings. The Labute approximate surface area is 224 Å². The van der Waals surface area contributed by atoms with Crippen LogP contribution in [0.2, 0.25) is 0 Å². The van der Waals surface area contributed by atoms with Crippen molar-refractivity contribution in [1.82, 2.24) is 5.32 Å². The monoisotopic (exact) mass is 487 g/mol. The second kappa shape index (κ2) is 11.0. The zero-order valence-corrected chi connectivity index (χ0v) is 23.1. The van der Waals surface area contributed by atoms with E-state index in [9.17, 15) is 0 Å². The van der Waals surface area contributed by atoms with E-state index in [1.807, 2.05) is 6.07 Å². The maximum absolute atomic E-state index is 4.34. The third-order valence-electron chi connectivity index (χ3n) is 8.34. The normalized spacial score (nSPS) is 20.4. The topological polar surface area (TPSA) is 12.0 Å². The molecule has 6 rings (SSSR count). The van der Waals surface area contributed by atoms with Gasteiger partial charge in [-0.1, -0.05) is 86.7 Å². The minimum absolute atomic E-state index is 0.626. The zero-order valence-electron chi connectivity index (χ0n) is 23.1. The van der Waals surface area contributed by atoms with Crippen LogP contribution in [0.5, 0.6) is 0 Å². The predicted molar refractivity (Wildman–Crippen MR) is 159 cm³/mol. The van der Waals surface area contributed by atoms with E-state index >= 15 is 0 Å². The molecule has 1 N–H and O–H groups in total. The number of nitrogens with one attached hydrogen (secondary N) is 1. The van der Waals surface area contributed by atoms with Crippen LogP contribution in [0.1, 0.15) is 74.3 Å². The van der Waals surface area contributed by atoms with Gasteiger partial charge in [0.25, 0.3) is 0 Å².